The fraction of sp³-hybridized carbons (Fsp3) is 0.905. The molecule has 0 saturated carbocycles. The van der Waals surface area contributed by atoms with Crippen LogP contribution in [0.25, 0.3) is 0 Å². The highest BCUT2D eigenvalue weighted by molar-refractivity contribution is 5.76. The van der Waals surface area contributed by atoms with Gasteiger partial charge in [0.05, 0.1) is 6.10 Å². The van der Waals surface area contributed by atoms with Gasteiger partial charge in [0, 0.05) is 19.0 Å². The van der Waals surface area contributed by atoms with E-state index in [1.54, 1.807) is 0 Å². The largest absolute Gasteiger partial charge is 0.463 e. The van der Waals surface area contributed by atoms with E-state index in [9.17, 15) is 9.59 Å². The number of rotatable bonds is 13. The second kappa shape index (κ2) is 17.2. The van der Waals surface area contributed by atoms with Crippen molar-refractivity contribution >= 4 is 12.0 Å². The Hall–Kier alpha value is -1.26. The zero-order chi connectivity index (χ0) is 19.6. The Morgan fingerprint density at radius 3 is 1.85 bits per heavy atom. The Kier molecular flexibility index (Phi) is 16.3. The van der Waals surface area contributed by atoms with E-state index in [2.05, 4.69) is 17.6 Å². The third kappa shape index (κ3) is 17.6. The van der Waals surface area contributed by atoms with Crippen LogP contribution in [0, 0.1) is 0 Å². The topological polar surface area (TPSA) is 67.4 Å². The molecular weight excluding hydrogens is 328 g/mol. The normalized spacial score (nSPS) is 15.9. The van der Waals surface area contributed by atoms with Crippen molar-refractivity contribution in [3.63, 3.8) is 0 Å². The van der Waals surface area contributed by atoms with Crippen LogP contribution in [-0.4, -0.2) is 30.7 Å². The molecule has 5 nitrogen and oxygen atoms in total. The monoisotopic (exact) mass is 370 g/mol. The Balaban J connectivity index is 0.000000735. The van der Waals surface area contributed by atoms with E-state index in [4.69, 9.17) is 4.74 Å². The lowest BCUT2D eigenvalue weighted by Gasteiger charge is -2.07. The molecule has 1 aliphatic heterocycles. The van der Waals surface area contributed by atoms with Crippen molar-refractivity contribution in [1.82, 2.24) is 10.6 Å². The number of carbonyl (C=O) groups is 2. The van der Waals surface area contributed by atoms with Crippen LogP contribution >= 0.6 is 0 Å². The average Bonchev–Trinajstić information content (AvgIpc) is 2.95. The van der Waals surface area contributed by atoms with Gasteiger partial charge < -0.3 is 15.4 Å². The van der Waals surface area contributed by atoms with Gasteiger partial charge in [-0.1, -0.05) is 71.1 Å². The predicted molar refractivity (Wildman–Crippen MR) is 108 cm³/mol. The van der Waals surface area contributed by atoms with E-state index in [0.717, 1.165) is 13.0 Å². The number of ether oxygens (including phenoxy) is 1. The standard InChI is InChI=1S/C17H34O2.C4H8N2O/c1-4-5-6-7-8-9-10-11-12-13-14-15-17(18)19-16(2)3;1-3-2-5-4(7)6-3/h16H,4-15H2,1-3H3;3H,2H2,1H3,(H2,5,6,7). The molecule has 0 bridgehead atoms. The summed E-state index contributed by atoms with van der Waals surface area (Å²) in [6, 6.07) is 0.264. The highest BCUT2D eigenvalue weighted by Crippen LogP contribution is 2.12. The molecule has 1 atom stereocenters. The van der Waals surface area contributed by atoms with Crippen LogP contribution in [0.15, 0.2) is 0 Å². The van der Waals surface area contributed by atoms with Crippen LogP contribution in [0.3, 0.4) is 0 Å². The summed E-state index contributed by atoms with van der Waals surface area (Å²) in [7, 11) is 0. The predicted octanol–water partition coefficient (Wildman–Crippen LogP) is 5.33. The fourth-order valence-corrected chi connectivity index (χ4v) is 2.83. The fourth-order valence-electron chi connectivity index (χ4n) is 2.83. The number of urea groups is 1. The Bertz CT molecular complexity index is 359. The summed E-state index contributed by atoms with van der Waals surface area (Å²) in [4.78, 5) is 21.5. The average molecular weight is 371 g/mol. The Morgan fingerprint density at radius 2 is 1.50 bits per heavy atom. The summed E-state index contributed by atoms with van der Waals surface area (Å²) in [5.74, 6) is -0.0362. The molecule has 2 N–H and O–H groups in total. The first kappa shape index (κ1) is 24.7. The van der Waals surface area contributed by atoms with Gasteiger partial charge in [0.15, 0.2) is 0 Å². The van der Waals surface area contributed by atoms with Crippen LogP contribution in [-0.2, 0) is 9.53 Å². The third-order valence-corrected chi connectivity index (χ3v) is 4.30. The summed E-state index contributed by atoms with van der Waals surface area (Å²) < 4.78 is 5.10. The van der Waals surface area contributed by atoms with Crippen LogP contribution in [0.4, 0.5) is 4.79 Å². The number of unbranched alkanes of at least 4 members (excludes halogenated alkanes) is 10. The minimum absolute atomic E-state index is 0.0280. The molecule has 0 aromatic carbocycles. The van der Waals surface area contributed by atoms with Crippen molar-refractivity contribution in [2.24, 2.45) is 0 Å². The molecule has 1 unspecified atom stereocenters. The maximum atomic E-state index is 11.3. The lowest BCUT2D eigenvalue weighted by atomic mass is 10.1. The summed E-state index contributed by atoms with van der Waals surface area (Å²) >= 11 is 0. The summed E-state index contributed by atoms with van der Waals surface area (Å²) in [6.45, 7) is 8.78. The number of hydrogen-bond acceptors (Lipinski definition) is 3. The van der Waals surface area contributed by atoms with Gasteiger partial charge in [0.2, 0.25) is 0 Å². The summed E-state index contributed by atoms with van der Waals surface area (Å²) in [5, 5.41) is 5.29. The summed E-state index contributed by atoms with van der Waals surface area (Å²) in [5.41, 5.74) is 0. The smallest absolute Gasteiger partial charge is 0.315 e. The van der Waals surface area contributed by atoms with Gasteiger partial charge in [0.25, 0.3) is 0 Å². The highest BCUT2D eigenvalue weighted by atomic mass is 16.5. The van der Waals surface area contributed by atoms with Gasteiger partial charge in [-0.25, -0.2) is 4.79 Å². The number of nitrogens with one attached hydrogen (secondary N) is 2. The second-order valence-electron chi connectivity index (χ2n) is 7.58. The molecule has 0 spiro atoms. The molecule has 0 aromatic rings. The van der Waals surface area contributed by atoms with Crippen LogP contribution in [0.5, 0.6) is 0 Å². The number of esters is 1. The molecule has 0 radical (unpaired) electrons. The molecule has 1 fully saturated rings. The van der Waals surface area contributed by atoms with Gasteiger partial charge in [-0.05, 0) is 27.2 Å². The van der Waals surface area contributed by atoms with E-state index in [1.165, 1.54) is 64.2 Å². The molecule has 154 valence electrons. The van der Waals surface area contributed by atoms with E-state index in [-0.39, 0.29) is 18.1 Å². The van der Waals surface area contributed by atoms with E-state index >= 15 is 0 Å². The minimum atomic E-state index is -0.0486. The van der Waals surface area contributed by atoms with Crippen molar-refractivity contribution < 1.29 is 14.3 Å². The van der Waals surface area contributed by atoms with E-state index in [0.29, 0.717) is 12.5 Å². The number of carbonyl (C=O) groups excluding carboxylic acids is 2. The van der Waals surface area contributed by atoms with Gasteiger partial charge >= 0.3 is 12.0 Å². The lowest BCUT2D eigenvalue weighted by Crippen LogP contribution is -2.23. The number of hydrogen-bond donors (Lipinski definition) is 2. The molecule has 1 rings (SSSR count). The molecule has 1 aliphatic rings. The van der Waals surface area contributed by atoms with E-state index in [1.807, 2.05) is 20.8 Å². The van der Waals surface area contributed by atoms with Gasteiger partial charge in [-0.3, -0.25) is 4.79 Å². The van der Waals surface area contributed by atoms with Gasteiger partial charge in [-0.15, -0.1) is 0 Å². The van der Waals surface area contributed by atoms with Crippen LogP contribution in [0.2, 0.25) is 0 Å². The molecule has 1 heterocycles. The quantitative estimate of drug-likeness (QED) is 0.340. The molecule has 5 heteroatoms. The van der Waals surface area contributed by atoms with Crippen molar-refractivity contribution in [3.05, 3.63) is 0 Å². The highest BCUT2D eigenvalue weighted by Gasteiger charge is 2.13. The van der Waals surface area contributed by atoms with Gasteiger partial charge in [-0.2, -0.15) is 0 Å². The third-order valence-electron chi connectivity index (χ3n) is 4.30. The van der Waals surface area contributed by atoms with Crippen molar-refractivity contribution in [2.75, 3.05) is 6.54 Å². The zero-order valence-electron chi connectivity index (χ0n) is 17.6. The maximum Gasteiger partial charge on any atom is 0.315 e. The second-order valence-corrected chi connectivity index (χ2v) is 7.58. The molecule has 1 saturated heterocycles. The van der Waals surface area contributed by atoms with Crippen molar-refractivity contribution in [3.8, 4) is 0 Å². The molecule has 2 amide bonds. The first-order chi connectivity index (χ1) is 12.5. The van der Waals surface area contributed by atoms with Crippen LogP contribution < -0.4 is 10.6 Å². The van der Waals surface area contributed by atoms with Crippen molar-refractivity contribution in [1.29, 1.82) is 0 Å². The van der Waals surface area contributed by atoms with Crippen molar-refractivity contribution in [2.45, 2.75) is 117 Å². The Morgan fingerprint density at radius 1 is 1.00 bits per heavy atom. The molecular formula is C21H42N2O3. The maximum absolute atomic E-state index is 11.3. The lowest BCUT2D eigenvalue weighted by molar-refractivity contribution is -0.147. The summed E-state index contributed by atoms with van der Waals surface area (Å²) in [6.07, 6.45) is 15.1. The Labute approximate surface area is 161 Å². The first-order valence-electron chi connectivity index (χ1n) is 10.7. The SMILES string of the molecule is CC1CNC(=O)N1.CCCCCCCCCCCCCC(=O)OC(C)C. The number of amides is 2. The molecule has 26 heavy (non-hydrogen) atoms. The van der Waals surface area contributed by atoms with Crippen LogP contribution in [0.1, 0.15) is 105 Å². The molecule has 0 aliphatic carbocycles. The van der Waals surface area contributed by atoms with E-state index < -0.39 is 0 Å². The van der Waals surface area contributed by atoms with Gasteiger partial charge in [0.1, 0.15) is 0 Å². The minimum Gasteiger partial charge on any atom is -0.463 e. The first-order valence-corrected chi connectivity index (χ1v) is 10.7. The zero-order valence-corrected chi connectivity index (χ0v) is 17.6. The molecule has 0 aromatic heterocycles.